The van der Waals surface area contributed by atoms with Gasteiger partial charge in [0.25, 0.3) is 0 Å². The molecule has 0 aliphatic heterocycles. The third-order valence-electron chi connectivity index (χ3n) is 8.23. The maximum absolute atomic E-state index is 12.8. The number of rotatable bonds is 3. The third kappa shape index (κ3) is 3.58. The van der Waals surface area contributed by atoms with Crippen molar-refractivity contribution in [1.82, 2.24) is 0 Å². The quantitative estimate of drug-likeness (QED) is 0.391. The Hall–Kier alpha value is -2.49. The van der Waals surface area contributed by atoms with E-state index >= 15 is 0 Å². The molecule has 172 valence electrons. The molecule has 2 unspecified atom stereocenters. The summed E-state index contributed by atoms with van der Waals surface area (Å²) in [5.74, 6) is -0.391. The molecular weight excluding hydrogens is 400 g/mol. The first-order valence-corrected chi connectivity index (χ1v) is 11.8. The average Bonchev–Trinajstić information content (AvgIpc) is 2.73. The Labute approximate surface area is 191 Å². The fourth-order valence-electron chi connectivity index (χ4n) is 6.61. The second-order valence-electron chi connectivity index (χ2n) is 10.3. The van der Waals surface area contributed by atoms with Crippen molar-refractivity contribution in [2.45, 2.75) is 53.4 Å². The van der Waals surface area contributed by atoms with Crippen molar-refractivity contribution in [3.05, 3.63) is 69.8 Å². The maximum Gasteiger partial charge on any atom is 0.334 e. The molecule has 0 aromatic rings. The first-order valence-electron chi connectivity index (χ1n) is 11.8. The minimum absolute atomic E-state index is 0.0788. The standard InChI is InChI=1S/C28H36O4/c1-14(2)18-9-7-15(3)11-20(18)26-23(29)13-22-24(28(31)32-6)17(5)19-10-8-16(4)12-21(19)25(22)27(26)30/h11-13,18-22,25,29-30H,1,7-10H2,2-6H3/t18-,19-,20+,21+,22?,25?/m0/s1. The molecule has 4 rings (SSSR count). The van der Waals surface area contributed by atoms with Gasteiger partial charge in [0.2, 0.25) is 0 Å². The van der Waals surface area contributed by atoms with Crippen LogP contribution in [-0.2, 0) is 9.53 Å². The highest BCUT2D eigenvalue weighted by molar-refractivity contribution is 5.91. The topological polar surface area (TPSA) is 66.8 Å². The van der Waals surface area contributed by atoms with E-state index in [4.69, 9.17) is 4.74 Å². The van der Waals surface area contributed by atoms with E-state index in [0.29, 0.717) is 11.1 Å². The third-order valence-corrected chi connectivity index (χ3v) is 8.23. The van der Waals surface area contributed by atoms with Crippen molar-refractivity contribution < 1.29 is 19.7 Å². The molecule has 4 aliphatic rings. The van der Waals surface area contributed by atoms with Crippen molar-refractivity contribution in [2.75, 3.05) is 7.11 Å². The molecule has 0 radical (unpaired) electrons. The molecule has 0 aromatic heterocycles. The van der Waals surface area contributed by atoms with Gasteiger partial charge in [0, 0.05) is 28.9 Å². The van der Waals surface area contributed by atoms with E-state index < -0.39 is 5.92 Å². The lowest BCUT2D eigenvalue weighted by Gasteiger charge is -2.47. The monoisotopic (exact) mass is 436 g/mol. The predicted octanol–water partition coefficient (Wildman–Crippen LogP) is 6.51. The van der Waals surface area contributed by atoms with Crippen LogP contribution in [0.4, 0.5) is 0 Å². The second-order valence-corrected chi connectivity index (χ2v) is 10.3. The first kappa shape index (κ1) is 22.7. The van der Waals surface area contributed by atoms with Crippen molar-refractivity contribution >= 4 is 5.97 Å². The van der Waals surface area contributed by atoms with E-state index in [1.165, 1.54) is 18.3 Å². The molecule has 0 fully saturated rings. The second kappa shape index (κ2) is 8.46. The van der Waals surface area contributed by atoms with Gasteiger partial charge >= 0.3 is 5.97 Å². The van der Waals surface area contributed by atoms with Gasteiger partial charge in [0.1, 0.15) is 11.5 Å². The molecule has 0 spiro atoms. The van der Waals surface area contributed by atoms with Crippen LogP contribution in [0.5, 0.6) is 0 Å². The van der Waals surface area contributed by atoms with Crippen LogP contribution in [0, 0.1) is 35.5 Å². The average molecular weight is 437 g/mol. The fourth-order valence-corrected chi connectivity index (χ4v) is 6.61. The summed E-state index contributed by atoms with van der Waals surface area (Å²) in [6.45, 7) is 12.5. The van der Waals surface area contributed by atoms with E-state index in [1.807, 2.05) is 13.8 Å². The SMILES string of the molecule is C=C(C)[C@@H]1CCC(C)=C[C@H]1C1=C(O)C2C(C=C1O)C(C(=O)OC)=C(C)[C@@H]1CCC(C)=C[C@@H]21. The normalized spacial score (nSPS) is 34.7. The van der Waals surface area contributed by atoms with E-state index in [0.717, 1.165) is 36.8 Å². The molecule has 0 saturated heterocycles. The van der Waals surface area contributed by atoms with Crippen molar-refractivity contribution in [3.63, 3.8) is 0 Å². The van der Waals surface area contributed by atoms with E-state index in [-0.39, 0.29) is 47.1 Å². The van der Waals surface area contributed by atoms with Gasteiger partial charge in [-0.05, 0) is 77.2 Å². The minimum Gasteiger partial charge on any atom is -0.512 e. The molecule has 0 aromatic carbocycles. The summed E-state index contributed by atoms with van der Waals surface area (Å²) in [7, 11) is 1.40. The summed E-state index contributed by atoms with van der Waals surface area (Å²) in [6, 6.07) is 0. The first-order chi connectivity index (χ1) is 15.1. The van der Waals surface area contributed by atoms with Crippen LogP contribution in [0.3, 0.4) is 0 Å². The summed E-state index contributed by atoms with van der Waals surface area (Å²) in [5, 5.41) is 23.0. The number of esters is 1. The summed E-state index contributed by atoms with van der Waals surface area (Å²) in [4.78, 5) is 12.8. The fraction of sp³-hybridized carbons (Fsp3) is 0.536. The lowest BCUT2D eigenvalue weighted by Crippen LogP contribution is -2.42. The molecule has 6 atom stereocenters. The molecule has 0 saturated carbocycles. The Morgan fingerprint density at radius 2 is 1.69 bits per heavy atom. The Morgan fingerprint density at radius 1 is 1.03 bits per heavy atom. The number of methoxy groups -OCH3 is 1. The molecule has 4 nitrogen and oxygen atoms in total. The number of allylic oxidation sites excluding steroid dienone is 9. The van der Waals surface area contributed by atoms with Gasteiger partial charge < -0.3 is 14.9 Å². The number of hydrogen-bond donors (Lipinski definition) is 2. The van der Waals surface area contributed by atoms with Gasteiger partial charge in [-0.3, -0.25) is 0 Å². The zero-order chi connectivity index (χ0) is 23.3. The number of carbonyl (C=O) groups is 1. The van der Waals surface area contributed by atoms with Crippen LogP contribution in [0.2, 0.25) is 0 Å². The summed E-state index contributed by atoms with van der Waals surface area (Å²) in [6.07, 6.45) is 10.2. The number of fused-ring (bicyclic) bond motifs is 3. The molecule has 0 amide bonds. The molecule has 4 heteroatoms. The Balaban J connectivity index is 1.90. The molecular formula is C28H36O4. The zero-order valence-corrected chi connectivity index (χ0v) is 19.9. The highest BCUT2D eigenvalue weighted by atomic mass is 16.5. The van der Waals surface area contributed by atoms with Gasteiger partial charge in [-0.15, -0.1) is 0 Å². The van der Waals surface area contributed by atoms with Crippen LogP contribution in [0.1, 0.15) is 53.4 Å². The maximum atomic E-state index is 12.8. The number of carbonyl (C=O) groups excluding carboxylic acids is 1. The van der Waals surface area contributed by atoms with Crippen LogP contribution in [-0.4, -0.2) is 23.3 Å². The van der Waals surface area contributed by atoms with Crippen molar-refractivity contribution in [3.8, 4) is 0 Å². The lowest BCUT2D eigenvalue weighted by molar-refractivity contribution is -0.137. The van der Waals surface area contributed by atoms with Gasteiger partial charge in [-0.25, -0.2) is 4.79 Å². The van der Waals surface area contributed by atoms with Gasteiger partial charge in [-0.1, -0.05) is 41.0 Å². The Morgan fingerprint density at radius 3 is 2.34 bits per heavy atom. The van der Waals surface area contributed by atoms with E-state index in [2.05, 4.69) is 32.6 Å². The number of aliphatic hydroxyl groups excluding tert-OH is 2. The lowest BCUT2D eigenvalue weighted by atomic mass is 9.57. The van der Waals surface area contributed by atoms with Crippen molar-refractivity contribution in [1.29, 1.82) is 0 Å². The van der Waals surface area contributed by atoms with Crippen LogP contribution < -0.4 is 0 Å². The summed E-state index contributed by atoms with van der Waals surface area (Å²) < 4.78 is 5.14. The zero-order valence-electron chi connectivity index (χ0n) is 19.9. The van der Waals surface area contributed by atoms with E-state index in [1.54, 1.807) is 6.08 Å². The van der Waals surface area contributed by atoms with Gasteiger partial charge in [0.05, 0.1) is 7.11 Å². The number of ether oxygens (including phenoxy) is 1. The summed E-state index contributed by atoms with van der Waals surface area (Å²) >= 11 is 0. The van der Waals surface area contributed by atoms with Gasteiger partial charge in [-0.2, -0.15) is 0 Å². The Kier molecular flexibility index (Phi) is 6.00. The molecule has 2 N–H and O–H groups in total. The molecule has 32 heavy (non-hydrogen) atoms. The van der Waals surface area contributed by atoms with Crippen LogP contribution >= 0.6 is 0 Å². The highest BCUT2D eigenvalue weighted by Crippen LogP contribution is 2.55. The highest BCUT2D eigenvalue weighted by Gasteiger charge is 2.50. The smallest absolute Gasteiger partial charge is 0.334 e. The minimum atomic E-state index is -0.397. The van der Waals surface area contributed by atoms with Crippen LogP contribution in [0.15, 0.2) is 69.8 Å². The largest absolute Gasteiger partial charge is 0.512 e. The van der Waals surface area contributed by atoms with Crippen molar-refractivity contribution in [2.24, 2.45) is 35.5 Å². The van der Waals surface area contributed by atoms with Crippen LogP contribution in [0.25, 0.3) is 0 Å². The molecule has 4 aliphatic carbocycles. The van der Waals surface area contributed by atoms with E-state index in [9.17, 15) is 15.0 Å². The molecule has 0 bridgehead atoms. The van der Waals surface area contributed by atoms with Gasteiger partial charge in [0.15, 0.2) is 0 Å². The Bertz CT molecular complexity index is 1000. The predicted molar refractivity (Wildman–Crippen MR) is 127 cm³/mol. The number of hydrogen-bond acceptors (Lipinski definition) is 4. The molecule has 0 heterocycles. The number of aliphatic hydroxyl groups is 2. The summed E-state index contributed by atoms with van der Waals surface area (Å²) in [5.41, 5.74) is 5.88.